The van der Waals surface area contributed by atoms with Crippen molar-refractivity contribution in [1.82, 2.24) is 4.90 Å². The maximum atomic E-state index is 13.0. The number of hydrogen-bond donors (Lipinski definition) is 0. The van der Waals surface area contributed by atoms with E-state index in [0.717, 1.165) is 17.3 Å². The summed E-state index contributed by atoms with van der Waals surface area (Å²) >= 11 is 13.5. The second kappa shape index (κ2) is 10.3. The SMILES string of the molecule is COCCCN1C(=O)S/C(=C/c2cc(Cl)c(OCc3ccc(F)cc3)c(Cl)c2)C1=O. The predicted octanol–water partition coefficient (Wildman–Crippen LogP) is 5.78. The molecule has 0 aliphatic carbocycles. The summed E-state index contributed by atoms with van der Waals surface area (Å²) in [6.07, 6.45) is 2.14. The molecule has 1 saturated heterocycles. The first kappa shape index (κ1) is 22.6. The Labute approximate surface area is 187 Å². The van der Waals surface area contributed by atoms with E-state index in [1.807, 2.05) is 0 Å². The van der Waals surface area contributed by atoms with Crippen molar-refractivity contribution < 1.29 is 23.5 Å². The first-order valence-electron chi connectivity index (χ1n) is 8.99. The van der Waals surface area contributed by atoms with Crippen LogP contribution >= 0.6 is 35.0 Å². The molecule has 9 heteroatoms. The minimum atomic E-state index is -0.356. The summed E-state index contributed by atoms with van der Waals surface area (Å²) in [5.74, 6) is -0.403. The minimum Gasteiger partial charge on any atom is -0.486 e. The molecule has 0 radical (unpaired) electrons. The number of methoxy groups -OCH3 is 1. The Morgan fingerprint density at radius 2 is 1.80 bits per heavy atom. The number of benzene rings is 2. The molecule has 1 aliphatic rings. The first-order valence-corrected chi connectivity index (χ1v) is 10.6. The van der Waals surface area contributed by atoms with Crippen molar-refractivity contribution >= 4 is 52.2 Å². The highest BCUT2D eigenvalue weighted by Gasteiger charge is 2.34. The Hall–Kier alpha value is -2.06. The van der Waals surface area contributed by atoms with Crippen molar-refractivity contribution in [2.45, 2.75) is 13.0 Å². The number of carbonyl (C=O) groups excluding carboxylic acids is 2. The highest BCUT2D eigenvalue weighted by Crippen LogP contribution is 2.37. The molecule has 1 fully saturated rings. The van der Waals surface area contributed by atoms with Crippen LogP contribution in [0.2, 0.25) is 10.0 Å². The van der Waals surface area contributed by atoms with E-state index in [1.165, 1.54) is 17.0 Å². The van der Waals surface area contributed by atoms with Crippen LogP contribution in [0.1, 0.15) is 17.5 Å². The number of amides is 2. The third-order valence-electron chi connectivity index (χ3n) is 4.22. The highest BCUT2D eigenvalue weighted by molar-refractivity contribution is 8.18. The summed E-state index contributed by atoms with van der Waals surface area (Å²) in [6, 6.07) is 9.10. The summed E-state index contributed by atoms with van der Waals surface area (Å²) < 4.78 is 23.6. The van der Waals surface area contributed by atoms with Crippen molar-refractivity contribution in [2.24, 2.45) is 0 Å². The van der Waals surface area contributed by atoms with Gasteiger partial charge in [0.15, 0.2) is 5.75 Å². The molecule has 2 aromatic carbocycles. The molecule has 0 spiro atoms. The van der Waals surface area contributed by atoms with E-state index in [-0.39, 0.29) is 39.4 Å². The topological polar surface area (TPSA) is 55.8 Å². The number of halogens is 3. The minimum absolute atomic E-state index is 0.166. The van der Waals surface area contributed by atoms with Crippen molar-refractivity contribution in [3.05, 3.63) is 68.3 Å². The Kier molecular flexibility index (Phi) is 7.77. The second-order valence-corrected chi connectivity index (χ2v) is 8.22. The van der Waals surface area contributed by atoms with Crippen LogP contribution in [0.25, 0.3) is 6.08 Å². The van der Waals surface area contributed by atoms with Crippen LogP contribution in [0.15, 0.2) is 41.3 Å². The van der Waals surface area contributed by atoms with Crippen LogP contribution in [0.5, 0.6) is 5.75 Å². The molecule has 158 valence electrons. The molecule has 30 heavy (non-hydrogen) atoms. The molecule has 0 bridgehead atoms. The lowest BCUT2D eigenvalue weighted by molar-refractivity contribution is -0.122. The van der Waals surface area contributed by atoms with Gasteiger partial charge in [-0.1, -0.05) is 35.3 Å². The second-order valence-electron chi connectivity index (χ2n) is 6.41. The average Bonchev–Trinajstić information content (AvgIpc) is 2.96. The lowest BCUT2D eigenvalue weighted by atomic mass is 10.2. The van der Waals surface area contributed by atoms with E-state index >= 15 is 0 Å². The third kappa shape index (κ3) is 5.55. The number of rotatable bonds is 8. The fraction of sp³-hybridized carbons (Fsp3) is 0.238. The Morgan fingerprint density at radius 1 is 1.13 bits per heavy atom. The molecule has 2 amide bonds. The Morgan fingerprint density at radius 3 is 2.43 bits per heavy atom. The number of imide groups is 1. The van der Waals surface area contributed by atoms with Crippen molar-refractivity contribution in [3.63, 3.8) is 0 Å². The molecular weight excluding hydrogens is 452 g/mol. The van der Waals surface area contributed by atoms with E-state index < -0.39 is 0 Å². The smallest absolute Gasteiger partial charge is 0.293 e. The number of hydrogen-bond acceptors (Lipinski definition) is 5. The predicted molar refractivity (Wildman–Crippen MR) is 116 cm³/mol. The normalized spacial score (nSPS) is 15.3. The quantitative estimate of drug-likeness (QED) is 0.362. The molecule has 1 heterocycles. The lowest BCUT2D eigenvalue weighted by Crippen LogP contribution is -2.29. The summed E-state index contributed by atoms with van der Waals surface area (Å²) in [5.41, 5.74) is 1.33. The van der Waals surface area contributed by atoms with Gasteiger partial charge in [-0.25, -0.2) is 4.39 Å². The summed E-state index contributed by atoms with van der Waals surface area (Å²) in [5, 5.41) is 0.198. The lowest BCUT2D eigenvalue weighted by Gasteiger charge is -2.12. The van der Waals surface area contributed by atoms with Crippen LogP contribution in [-0.4, -0.2) is 36.3 Å². The molecule has 0 N–H and O–H groups in total. The number of carbonyl (C=O) groups is 2. The standard InChI is InChI=1S/C21H18Cl2FNO4S/c1-28-8-2-7-25-20(26)18(30-21(25)27)11-14-9-16(22)19(17(23)10-14)29-12-13-3-5-15(24)6-4-13/h3-6,9-11H,2,7-8,12H2,1H3/b18-11+. The van der Waals surface area contributed by atoms with E-state index in [2.05, 4.69) is 0 Å². The van der Waals surface area contributed by atoms with Gasteiger partial charge in [-0.05, 0) is 59.7 Å². The van der Waals surface area contributed by atoms with Gasteiger partial charge in [0.2, 0.25) is 0 Å². The van der Waals surface area contributed by atoms with E-state index in [1.54, 1.807) is 37.5 Å². The highest BCUT2D eigenvalue weighted by atomic mass is 35.5. The van der Waals surface area contributed by atoms with Gasteiger partial charge in [0, 0.05) is 20.3 Å². The number of thioether (sulfide) groups is 1. The number of nitrogens with zero attached hydrogens (tertiary/aromatic N) is 1. The van der Waals surface area contributed by atoms with Crippen LogP contribution < -0.4 is 4.74 Å². The van der Waals surface area contributed by atoms with E-state index in [0.29, 0.717) is 30.0 Å². The molecule has 0 unspecified atom stereocenters. The molecule has 2 aromatic rings. The monoisotopic (exact) mass is 469 g/mol. The molecular formula is C21H18Cl2FNO4S. The first-order chi connectivity index (χ1) is 14.4. The Balaban J connectivity index is 1.72. The van der Waals surface area contributed by atoms with Crippen molar-refractivity contribution in [3.8, 4) is 5.75 Å². The van der Waals surface area contributed by atoms with Crippen LogP contribution in [0.3, 0.4) is 0 Å². The molecule has 0 aromatic heterocycles. The Bertz CT molecular complexity index is 958. The van der Waals surface area contributed by atoms with E-state index in [4.69, 9.17) is 32.7 Å². The van der Waals surface area contributed by atoms with E-state index in [9.17, 15) is 14.0 Å². The van der Waals surface area contributed by atoms with Gasteiger partial charge in [-0.3, -0.25) is 14.5 Å². The van der Waals surface area contributed by atoms with Gasteiger partial charge in [0.25, 0.3) is 11.1 Å². The zero-order valence-electron chi connectivity index (χ0n) is 16.0. The van der Waals surface area contributed by atoms with Gasteiger partial charge in [0.05, 0.1) is 15.0 Å². The number of ether oxygens (including phenoxy) is 2. The molecule has 3 rings (SSSR count). The van der Waals surface area contributed by atoms with Gasteiger partial charge < -0.3 is 9.47 Å². The van der Waals surface area contributed by atoms with Crippen molar-refractivity contribution in [2.75, 3.05) is 20.3 Å². The van der Waals surface area contributed by atoms with Crippen LogP contribution in [0, 0.1) is 5.82 Å². The third-order valence-corrected chi connectivity index (χ3v) is 5.69. The molecule has 5 nitrogen and oxygen atoms in total. The fourth-order valence-electron chi connectivity index (χ4n) is 2.75. The summed E-state index contributed by atoms with van der Waals surface area (Å²) in [7, 11) is 1.56. The van der Waals surface area contributed by atoms with Crippen molar-refractivity contribution in [1.29, 1.82) is 0 Å². The molecule has 0 saturated carbocycles. The maximum Gasteiger partial charge on any atom is 0.293 e. The van der Waals surface area contributed by atoms with Gasteiger partial charge in [-0.2, -0.15) is 0 Å². The zero-order valence-corrected chi connectivity index (χ0v) is 18.3. The maximum absolute atomic E-state index is 13.0. The molecule has 0 atom stereocenters. The van der Waals surface area contributed by atoms with Crippen LogP contribution in [0.4, 0.5) is 9.18 Å². The summed E-state index contributed by atoms with van der Waals surface area (Å²) in [6.45, 7) is 0.929. The van der Waals surface area contributed by atoms with Gasteiger partial charge >= 0.3 is 0 Å². The van der Waals surface area contributed by atoms with Gasteiger partial charge in [0.1, 0.15) is 12.4 Å². The zero-order chi connectivity index (χ0) is 21.7. The summed E-state index contributed by atoms with van der Waals surface area (Å²) in [4.78, 5) is 26.1. The van der Waals surface area contributed by atoms with Crippen LogP contribution in [-0.2, 0) is 16.1 Å². The van der Waals surface area contributed by atoms with Gasteiger partial charge in [-0.15, -0.1) is 0 Å². The molecule has 1 aliphatic heterocycles. The largest absolute Gasteiger partial charge is 0.486 e. The fourth-order valence-corrected chi connectivity index (χ4v) is 4.23. The average molecular weight is 470 g/mol.